The van der Waals surface area contributed by atoms with Gasteiger partial charge in [0, 0.05) is 38.8 Å². The minimum absolute atomic E-state index is 0.351. The predicted octanol–water partition coefficient (Wildman–Crippen LogP) is 2.99. The van der Waals surface area contributed by atoms with Crippen LogP contribution in [0.2, 0.25) is 0 Å². The van der Waals surface area contributed by atoms with E-state index >= 15 is 0 Å². The Hall–Kier alpha value is -2.39. The molecule has 1 unspecified atom stereocenters. The molecule has 2 fully saturated rings. The zero-order chi connectivity index (χ0) is 22.9. The number of hydrogen-bond acceptors (Lipinski definition) is 7. The number of piperazine rings is 1. The lowest BCUT2D eigenvalue weighted by Gasteiger charge is -2.36. The van der Waals surface area contributed by atoms with Gasteiger partial charge in [0.2, 0.25) is 10.0 Å². The molecule has 174 valence electrons. The van der Waals surface area contributed by atoms with Crippen LogP contribution in [0.15, 0.2) is 29.2 Å². The summed E-state index contributed by atoms with van der Waals surface area (Å²) in [5, 5.41) is 8.93. The van der Waals surface area contributed by atoms with Gasteiger partial charge in [-0.2, -0.15) is 4.31 Å². The molecule has 1 aromatic carbocycles. The summed E-state index contributed by atoms with van der Waals surface area (Å²) in [6, 6.07) is 7.91. The van der Waals surface area contributed by atoms with E-state index in [9.17, 15) is 8.42 Å². The van der Waals surface area contributed by atoms with Gasteiger partial charge in [0.05, 0.1) is 12.0 Å². The van der Waals surface area contributed by atoms with Crippen LogP contribution in [0.3, 0.4) is 0 Å². The number of piperidine rings is 1. The normalized spacial score (nSPS) is 20.4. The Morgan fingerprint density at radius 1 is 0.906 bits per heavy atom. The highest BCUT2D eigenvalue weighted by Crippen LogP contribution is 2.30. The second kappa shape index (κ2) is 9.23. The molecular weight excluding hydrogens is 426 g/mol. The fraction of sp³-hybridized carbons (Fsp3) is 0.565. The molecule has 0 spiro atoms. The highest BCUT2D eigenvalue weighted by Gasteiger charge is 2.31. The summed E-state index contributed by atoms with van der Waals surface area (Å²) in [7, 11) is -1.97. The molecule has 4 rings (SSSR count). The quantitative estimate of drug-likeness (QED) is 0.680. The van der Waals surface area contributed by atoms with Crippen molar-refractivity contribution in [2.24, 2.45) is 0 Å². The van der Waals surface area contributed by atoms with Crippen LogP contribution in [0.25, 0.3) is 0 Å². The molecule has 0 bridgehead atoms. The number of hydrogen-bond donors (Lipinski definition) is 0. The minimum atomic E-state index is -3.56. The van der Waals surface area contributed by atoms with Crippen molar-refractivity contribution in [1.82, 2.24) is 14.5 Å². The molecule has 32 heavy (non-hydrogen) atoms. The number of benzene rings is 1. The Bertz CT molecular complexity index is 1050. The number of aromatic nitrogens is 2. The molecule has 8 nitrogen and oxygen atoms in total. The molecule has 3 heterocycles. The first kappa shape index (κ1) is 22.8. The third-order valence-corrected chi connectivity index (χ3v) is 8.86. The van der Waals surface area contributed by atoms with Crippen LogP contribution < -0.4 is 14.5 Å². The van der Waals surface area contributed by atoms with Gasteiger partial charge in [-0.05, 0) is 75.4 Å². The molecule has 2 aromatic rings. The summed E-state index contributed by atoms with van der Waals surface area (Å²) < 4.78 is 33.5. The van der Waals surface area contributed by atoms with Gasteiger partial charge in [0.15, 0.2) is 11.6 Å². The van der Waals surface area contributed by atoms with Crippen LogP contribution in [0.5, 0.6) is 5.75 Å². The molecule has 0 radical (unpaired) electrons. The van der Waals surface area contributed by atoms with E-state index in [0.29, 0.717) is 42.9 Å². The maximum absolute atomic E-state index is 13.3. The van der Waals surface area contributed by atoms with Crippen molar-refractivity contribution in [1.29, 1.82) is 0 Å². The molecule has 0 aliphatic carbocycles. The molecule has 0 amide bonds. The molecular formula is C23H33N5O3S. The van der Waals surface area contributed by atoms with Crippen LogP contribution >= 0.6 is 0 Å². The molecule has 9 heteroatoms. The standard InChI is InChI=1S/C23H33N5O3S/c1-17-7-5-6-12-28(17)23-11-10-22(24-25-23)26-13-15-27(16-14-26)32(29,30)21-9-8-20(31-4)18(2)19(21)3/h8-11,17H,5-7,12-16H2,1-4H3. The van der Waals surface area contributed by atoms with E-state index in [4.69, 9.17) is 4.74 Å². The van der Waals surface area contributed by atoms with Crippen LogP contribution in [0, 0.1) is 13.8 Å². The summed E-state index contributed by atoms with van der Waals surface area (Å²) in [6.45, 7) is 8.98. The number of sulfonamides is 1. The van der Waals surface area contributed by atoms with Crippen LogP contribution in [-0.4, -0.2) is 68.8 Å². The zero-order valence-electron chi connectivity index (χ0n) is 19.4. The third kappa shape index (κ3) is 4.28. The Kier molecular flexibility index (Phi) is 6.57. The highest BCUT2D eigenvalue weighted by atomic mass is 32.2. The van der Waals surface area contributed by atoms with Crippen molar-refractivity contribution in [3.05, 3.63) is 35.4 Å². The zero-order valence-corrected chi connectivity index (χ0v) is 20.2. The number of rotatable bonds is 5. The number of ether oxygens (including phenoxy) is 1. The van der Waals surface area contributed by atoms with Gasteiger partial charge >= 0.3 is 0 Å². The number of anilines is 2. The third-order valence-electron chi connectivity index (χ3n) is 6.82. The van der Waals surface area contributed by atoms with Gasteiger partial charge in [-0.1, -0.05) is 0 Å². The maximum Gasteiger partial charge on any atom is 0.243 e. The first-order valence-electron chi connectivity index (χ1n) is 11.3. The number of methoxy groups -OCH3 is 1. The number of nitrogens with zero attached hydrogens (tertiary/aromatic N) is 5. The Balaban J connectivity index is 1.43. The smallest absolute Gasteiger partial charge is 0.243 e. The molecule has 2 saturated heterocycles. The largest absolute Gasteiger partial charge is 0.496 e. The lowest BCUT2D eigenvalue weighted by atomic mass is 10.0. The Morgan fingerprint density at radius 3 is 2.22 bits per heavy atom. The first-order chi connectivity index (χ1) is 15.3. The molecule has 2 aliphatic rings. The second-order valence-electron chi connectivity index (χ2n) is 8.70. The van der Waals surface area contributed by atoms with Crippen molar-refractivity contribution in [3.63, 3.8) is 0 Å². The minimum Gasteiger partial charge on any atom is -0.496 e. The van der Waals surface area contributed by atoms with E-state index in [-0.39, 0.29) is 0 Å². The van der Waals surface area contributed by atoms with Crippen LogP contribution in [0.4, 0.5) is 11.6 Å². The highest BCUT2D eigenvalue weighted by molar-refractivity contribution is 7.89. The molecule has 1 aromatic heterocycles. The van der Waals surface area contributed by atoms with Crippen LogP contribution in [-0.2, 0) is 10.0 Å². The average molecular weight is 460 g/mol. The van der Waals surface area contributed by atoms with Crippen molar-refractivity contribution in [3.8, 4) is 5.75 Å². The van der Waals surface area contributed by atoms with Crippen molar-refractivity contribution in [2.45, 2.75) is 51.0 Å². The van der Waals surface area contributed by atoms with Gasteiger partial charge in [-0.3, -0.25) is 0 Å². The summed E-state index contributed by atoms with van der Waals surface area (Å²) in [5.41, 5.74) is 1.59. The fourth-order valence-corrected chi connectivity index (χ4v) is 6.35. The summed E-state index contributed by atoms with van der Waals surface area (Å²) in [6.07, 6.45) is 3.65. The predicted molar refractivity (Wildman–Crippen MR) is 126 cm³/mol. The van der Waals surface area contributed by atoms with E-state index in [1.807, 2.05) is 26.0 Å². The first-order valence-corrected chi connectivity index (χ1v) is 12.8. The fourth-order valence-electron chi connectivity index (χ4n) is 4.65. The van der Waals surface area contributed by atoms with E-state index in [0.717, 1.165) is 29.3 Å². The lowest BCUT2D eigenvalue weighted by molar-refractivity contribution is 0.382. The van der Waals surface area contributed by atoms with Gasteiger partial charge in [-0.15, -0.1) is 10.2 Å². The lowest BCUT2D eigenvalue weighted by Crippen LogP contribution is -2.49. The van der Waals surface area contributed by atoms with Crippen LogP contribution in [0.1, 0.15) is 37.3 Å². The summed E-state index contributed by atoms with van der Waals surface area (Å²) in [4.78, 5) is 4.78. The van der Waals surface area contributed by atoms with Gasteiger partial charge in [-0.25, -0.2) is 8.42 Å². The van der Waals surface area contributed by atoms with E-state index in [1.54, 1.807) is 23.5 Å². The van der Waals surface area contributed by atoms with Crippen molar-refractivity contribution in [2.75, 3.05) is 49.6 Å². The SMILES string of the molecule is COc1ccc(S(=O)(=O)N2CCN(c3ccc(N4CCCCC4C)nn3)CC2)c(C)c1C. The second-order valence-corrected chi connectivity index (χ2v) is 10.6. The average Bonchev–Trinajstić information content (AvgIpc) is 2.81. The van der Waals surface area contributed by atoms with Gasteiger partial charge in [0.1, 0.15) is 5.75 Å². The van der Waals surface area contributed by atoms with Gasteiger partial charge < -0.3 is 14.5 Å². The summed E-state index contributed by atoms with van der Waals surface area (Å²) in [5.74, 6) is 2.42. The van der Waals surface area contributed by atoms with Gasteiger partial charge in [0.25, 0.3) is 0 Å². The molecule has 1 atom stereocenters. The van der Waals surface area contributed by atoms with E-state index in [1.165, 1.54) is 19.3 Å². The molecule has 0 saturated carbocycles. The Labute approximate surface area is 191 Å². The molecule has 2 aliphatic heterocycles. The summed E-state index contributed by atoms with van der Waals surface area (Å²) >= 11 is 0. The van der Waals surface area contributed by atoms with E-state index < -0.39 is 10.0 Å². The monoisotopic (exact) mass is 459 g/mol. The maximum atomic E-state index is 13.3. The van der Waals surface area contributed by atoms with E-state index in [2.05, 4.69) is 26.9 Å². The van der Waals surface area contributed by atoms with Crippen molar-refractivity contribution < 1.29 is 13.2 Å². The molecule has 0 N–H and O–H groups in total. The van der Waals surface area contributed by atoms with Crippen molar-refractivity contribution >= 4 is 21.7 Å². The Morgan fingerprint density at radius 2 is 1.59 bits per heavy atom. The topological polar surface area (TPSA) is 78.9 Å².